The molecular weight excluding hydrogens is 403 g/mol. The SMILES string of the molecule is O=C(CCOCCOCCOc1ccccc1)Oc1c(F)c(F)c(F)c(F)c1F. The summed E-state index contributed by atoms with van der Waals surface area (Å²) in [6.45, 7) is 0.753. The lowest BCUT2D eigenvalue weighted by Crippen LogP contribution is -2.16. The van der Waals surface area contributed by atoms with Crippen molar-refractivity contribution < 1.29 is 45.7 Å². The number of benzene rings is 2. The van der Waals surface area contributed by atoms with Crippen LogP contribution in [0.4, 0.5) is 22.0 Å². The lowest BCUT2D eigenvalue weighted by Gasteiger charge is -2.09. The standard InChI is InChI=1S/C19H17F5O5/c20-14-15(21)17(23)19(18(24)16(14)22)29-13(25)6-7-26-8-9-27-10-11-28-12-4-2-1-3-5-12/h1-5H,6-11H2. The van der Waals surface area contributed by atoms with Crippen LogP contribution in [-0.4, -0.2) is 39.0 Å². The average molecular weight is 420 g/mol. The number of carbonyl (C=O) groups is 1. The van der Waals surface area contributed by atoms with E-state index in [2.05, 4.69) is 4.74 Å². The van der Waals surface area contributed by atoms with E-state index in [0.717, 1.165) is 0 Å². The normalized spacial score (nSPS) is 10.8. The highest BCUT2D eigenvalue weighted by atomic mass is 19.2. The number of carbonyl (C=O) groups excluding carboxylic acids is 1. The Bertz CT molecular complexity index is 787. The summed E-state index contributed by atoms with van der Waals surface area (Å²) in [7, 11) is 0. The van der Waals surface area contributed by atoms with Crippen LogP contribution in [0.1, 0.15) is 6.42 Å². The van der Waals surface area contributed by atoms with Crippen LogP contribution in [0.25, 0.3) is 0 Å². The highest BCUT2D eigenvalue weighted by Crippen LogP contribution is 2.29. The van der Waals surface area contributed by atoms with Gasteiger partial charge in [0.1, 0.15) is 12.4 Å². The fourth-order valence-electron chi connectivity index (χ4n) is 2.05. The topological polar surface area (TPSA) is 54.0 Å². The van der Waals surface area contributed by atoms with Crippen LogP contribution >= 0.6 is 0 Å². The molecule has 0 N–H and O–H groups in total. The minimum atomic E-state index is -2.34. The maximum Gasteiger partial charge on any atom is 0.313 e. The molecule has 158 valence electrons. The summed E-state index contributed by atoms with van der Waals surface area (Å²) in [5.74, 6) is -13.3. The molecule has 2 aromatic rings. The molecule has 2 aromatic carbocycles. The zero-order valence-corrected chi connectivity index (χ0v) is 15.1. The van der Waals surface area contributed by atoms with Crippen molar-refractivity contribution in [1.82, 2.24) is 0 Å². The molecule has 0 heterocycles. The van der Waals surface area contributed by atoms with E-state index in [1.165, 1.54) is 0 Å². The van der Waals surface area contributed by atoms with E-state index in [0.29, 0.717) is 19.0 Å². The molecule has 0 aliphatic heterocycles. The van der Waals surface area contributed by atoms with Gasteiger partial charge >= 0.3 is 5.97 Å². The molecule has 0 fully saturated rings. The minimum Gasteiger partial charge on any atom is -0.491 e. The molecule has 0 atom stereocenters. The van der Waals surface area contributed by atoms with Crippen molar-refractivity contribution in [3.8, 4) is 11.5 Å². The molecule has 0 unspecified atom stereocenters. The summed E-state index contributed by atoms with van der Waals surface area (Å²) in [6.07, 6.45) is -0.462. The van der Waals surface area contributed by atoms with E-state index in [4.69, 9.17) is 14.2 Å². The van der Waals surface area contributed by atoms with Gasteiger partial charge in [0, 0.05) is 0 Å². The summed E-state index contributed by atoms with van der Waals surface area (Å²) in [4.78, 5) is 11.5. The summed E-state index contributed by atoms with van der Waals surface area (Å²) in [6, 6.07) is 9.13. The largest absolute Gasteiger partial charge is 0.491 e. The summed E-state index contributed by atoms with van der Waals surface area (Å²) in [5, 5.41) is 0. The van der Waals surface area contributed by atoms with Crippen molar-refractivity contribution in [1.29, 1.82) is 0 Å². The highest BCUT2D eigenvalue weighted by molar-refractivity contribution is 5.72. The van der Waals surface area contributed by atoms with Crippen molar-refractivity contribution in [3.63, 3.8) is 0 Å². The quantitative estimate of drug-likeness (QED) is 0.138. The Morgan fingerprint density at radius 3 is 1.83 bits per heavy atom. The molecule has 0 aliphatic carbocycles. The van der Waals surface area contributed by atoms with Crippen LogP contribution in [0.5, 0.6) is 11.5 Å². The predicted octanol–water partition coefficient (Wildman–Crippen LogP) is 3.79. The van der Waals surface area contributed by atoms with Gasteiger partial charge in [-0.3, -0.25) is 4.79 Å². The molecule has 29 heavy (non-hydrogen) atoms. The van der Waals surface area contributed by atoms with E-state index in [9.17, 15) is 26.7 Å². The van der Waals surface area contributed by atoms with Gasteiger partial charge in [-0.25, -0.2) is 13.2 Å². The van der Waals surface area contributed by atoms with Gasteiger partial charge in [-0.1, -0.05) is 18.2 Å². The first-order chi connectivity index (χ1) is 13.9. The van der Waals surface area contributed by atoms with Crippen LogP contribution in [0.2, 0.25) is 0 Å². The van der Waals surface area contributed by atoms with Crippen LogP contribution in [-0.2, 0) is 14.3 Å². The van der Waals surface area contributed by atoms with Gasteiger partial charge in [0.2, 0.25) is 34.8 Å². The van der Waals surface area contributed by atoms with Crippen molar-refractivity contribution in [2.45, 2.75) is 6.42 Å². The lowest BCUT2D eigenvalue weighted by molar-refractivity contribution is -0.136. The molecule has 0 aliphatic rings. The summed E-state index contributed by atoms with van der Waals surface area (Å²) < 4.78 is 85.7. The van der Waals surface area contributed by atoms with Gasteiger partial charge < -0.3 is 18.9 Å². The molecule has 0 saturated carbocycles. The molecule has 0 radical (unpaired) electrons. The van der Waals surface area contributed by atoms with Gasteiger partial charge in [0.25, 0.3) is 0 Å². The number of hydrogen-bond donors (Lipinski definition) is 0. The van der Waals surface area contributed by atoms with Crippen molar-refractivity contribution in [3.05, 3.63) is 59.4 Å². The molecule has 0 bridgehead atoms. The van der Waals surface area contributed by atoms with Gasteiger partial charge in [-0.2, -0.15) is 8.78 Å². The number of hydrogen-bond acceptors (Lipinski definition) is 5. The third-order valence-electron chi connectivity index (χ3n) is 3.45. The monoisotopic (exact) mass is 420 g/mol. The van der Waals surface area contributed by atoms with E-state index in [1.54, 1.807) is 12.1 Å². The van der Waals surface area contributed by atoms with Crippen molar-refractivity contribution in [2.75, 3.05) is 33.0 Å². The van der Waals surface area contributed by atoms with Crippen molar-refractivity contribution in [2.24, 2.45) is 0 Å². The molecule has 0 aromatic heterocycles. The van der Waals surface area contributed by atoms with Crippen LogP contribution < -0.4 is 9.47 Å². The molecule has 0 spiro atoms. The van der Waals surface area contributed by atoms with Crippen LogP contribution in [0, 0.1) is 29.1 Å². The van der Waals surface area contributed by atoms with Gasteiger partial charge in [-0.15, -0.1) is 0 Å². The summed E-state index contributed by atoms with van der Waals surface area (Å²) in [5.41, 5.74) is 0. The lowest BCUT2D eigenvalue weighted by atomic mass is 10.2. The number of halogens is 5. The smallest absolute Gasteiger partial charge is 0.313 e. The highest BCUT2D eigenvalue weighted by Gasteiger charge is 2.28. The molecule has 5 nitrogen and oxygen atoms in total. The Morgan fingerprint density at radius 1 is 0.690 bits per heavy atom. The van der Waals surface area contributed by atoms with Gasteiger partial charge in [0.15, 0.2) is 0 Å². The number of ether oxygens (including phenoxy) is 4. The molecular formula is C19H17F5O5. The number of esters is 1. The molecule has 10 heteroatoms. The van der Waals surface area contributed by atoms with Gasteiger partial charge in [-0.05, 0) is 12.1 Å². The third-order valence-corrected chi connectivity index (χ3v) is 3.45. The Balaban J connectivity index is 1.60. The molecule has 0 amide bonds. The first kappa shape index (κ1) is 22.6. The Labute approximate surface area is 162 Å². The molecule has 2 rings (SSSR count). The predicted molar refractivity (Wildman–Crippen MR) is 90.1 cm³/mol. The minimum absolute atomic E-state index is 0.112. The zero-order chi connectivity index (χ0) is 21.2. The maximum atomic E-state index is 13.4. The Hall–Kier alpha value is -2.72. The van der Waals surface area contributed by atoms with Crippen LogP contribution in [0.3, 0.4) is 0 Å². The fourth-order valence-corrected chi connectivity index (χ4v) is 2.05. The second-order valence-corrected chi connectivity index (χ2v) is 5.51. The first-order valence-corrected chi connectivity index (χ1v) is 8.47. The second kappa shape index (κ2) is 11.3. The number of rotatable bonds is 11. The van der Waals surface area contributed by atoms with E-state index in [-0.39, 0.29) is 19.8 Å². The molecule has 0 saturated heterocycles. The fraction of sp³-hybridized carbons (Fsp3) is 0.316. The third kappa shape index (κ3) is 6.68. The van der Waals surface area contributed by atoms with Gasteiger partial charge in [0.05, 0.1) is 32.8 Å². The maximum absolute atomic E-state index is 13.4. The summed E-state index contributed by atoms with van der Waals surface area (Å²) >= 11 is 0. The number of para-hydroxylation sites is 1. The Kier molecular flexibility index (Phi) is 8.81. The second-order valence-electron chi connectivity index (χ2n) is 5.51. The first-order valence-electron chi connectivity index (χ1n) is 8.47. The average Bonchev–Trinajstić information content (AvgIpc) is 2.73. The van der Waals surface area contributed by atoms with E-state index < -0.39 is 47.2 Å². The van der Waals surface area contributed by atoms with Crippen molar-refractivity contribution >= 4 is 5.97 Å². The van der Waals surface area contributed by atoms with Crippen LogP contribution in [0.15, 0.2) is 30.3 Å². The zero-order valence-electron chi connectivity index (χ0n) is 15.1. The van der Waals surface area contributed by atoms with E-state index in [1.807, 2.05) is 18.2 Å². The Morgan fingerprint density at radius 2 is 1.21 bits per heavy atom. The van der Waals surface area contributed by atoms with E-state index >= 15 is 0 Å².